The summed E-state index contributed by atoms with van der Waals surface area (Å²) in [5, 5.41) is 0. The van der Waals surface area contributed by atoms with Gasteiger partial charge in [0.1, 0.15) is 0 Å². The van der Waals surface area contributed by atoms with Crippen molar-refractivity contribution in [1.82, 2.24) is 0 Å². The van der Waals surface area contributed by atoms with E-state index in [2.05, 4.69) is 50.9 Å². The van der Waals surface area contributed by atoms with E-state index >= 15 is 0 Å². The van der Waals surface area contributed by atoms with Crippen LogP contribution in [0.3, 0.4) is 0 Å². The van der Waals surface area contributed by atoms with Gasteiger partial charge in [0.2, 0.25) is 0 Å². The summed E-state index contributed by atoms with van der Waals surface area (Å²) in [4.78, 5) is 0. The van der Waals surface area contributed by atoms with Crippen LogP contribution in [0.2, 0.25) is 0 Å². The molecular weight excluding hydrogens is 330 g/mol. The summed E-state index contributed by atoms with van der Waals surface area (Å²) in [6.07, 6.45) is 6.17. The second-order valence-electron chi connectivity index (χ2n) is 4.12. The molecule has 0 saturated heterocycles. The summed E-state index contributed by atoms with van der Waals surface area (Å²) in [6.45, 7) is 2.23. The Hall–Kier alpha value is 0.140. The lowest BCUT2D eigenvalue weighted by Gasteiger charge is -2.14. The van der Waals surface area contributed by atoms with E-state index < -0.39 is 0 Å². The Bertz CT molecular complexity index is 326. The van der Waals surface area contributed by atoms with Gasteiger partial charge < -0.3 is 5.73 Å². The first-order valence-electron chi connectivity index (χ1n) is 5.85. The van der Waals surface area contributed by atoms with E-state index in [1.165, 1.54) is 31.2 Å². The van der Waals surface area contributed by atoms with Crippen molar-refractivity contribution in [2.24, 2.45) is 5.73 Å². The molecular formula is C13H19Br2N. The molecule has 90 valence electrons. The fourth-order valence-electron chi connectivity index (χ4n) is 1.75. The van der Waals surface area contributed by atoms with Gasteiger partial charge in [0.05, 0.1) is 0 Å². The Morgan fingerprint density at radius 1 is 1.19 bits per heavy atom. The highest BCUT2D eigenvalue weighted by Crippen LogP contribution is 2.28. The molecule has 16 heavy (non-hydrogen) atoms. The average molecular weight is 349 g/mol. The molecule has 3 heteroatoms. The maximum Gasteiger partial charge on any atom is 0.0306 e. The van der Waals surface area contributed by atoms with Crippen LogP contribution in [0.15, 0.2) is 27.1 Å². The van der Waals surface area contributed by atoms with E-state index in [1.807, 2.05) is 6.07 Å². The van der Waals surface area contributed by atoms with E-state index in [-0.39, 0.29) is 6.04 Å². The number of benzene rings is 1. The molecule has 0 heterocycles. The summed E-state index contributed by atoms with van der Waals surface area (Å²) in [5.41, 5.74) is 7.39. The first kappa shape index (κ1) is 14.2. The first-order chi connectivity index (χ1) is 7.65. The van der Waals surface area contributed by atoms with Gasteiger partial charge in [-0.3, -0.25) is 0 Å². The fraction of sp³-hybridized carbons (Fsp3) is 0.538. The molecule has 0 aliphatic heterocycles. The van der Waals surface area contributed by atoms with Crippen LogP contribution in [0.4, 0.5) is 0 Å². The molecule has 0 aliphatic rings. The predicted molar refractivity (Wildman–Crippen MR) is 77.5 cm³/mol. The van der Waals surface area contributed by atoms with E-state index in [9.17, 15) is 0 Å². The number of halogens is 2. The molecule has 0 aliphatic carbocycles. The standard InChI is InChI=1S/C13H19Br2N/c1-2-3-4-5-6-13(16)11-8-7-10(14)9-12(11)15/h7-9,13H,2-6,16H2,1H3. The Morgan fingerprint density at radius 3 is 2.56 bits per heavy atom. The minimum Gasteiger partial charge on any atom is -0.324 e. The lowest BCUT2D eigenvalue weighted by molar-refractivity contribution is 0.565. The molecule has 1 rings (SSSR count). The topological polar surface area (TPSA) is 26.0 Å². The summed E-state index contributed by atoms with van der Waals surface area (Å²) in [7, 11) is 0. The number of unbranched alkanes of at least 4 members (excludes halogenated alkanes) is 3. The minimum atomic E-state index is 0.152. The monoisotopic (exact) mass is 347 g/mol. The molecule has 1 unspecified atom stereocenters. The molecule has 1 atom stereocenters. The normalized spacial score (nSPS) is 12.8. The van der Waals surface area contributed by atoms with Crippen LogP contribution in [0.1, 0.15) is 50.6 Å². The van der Waals surface area contributed by atoms with Crippen LogP contribution in [0.5, 0.6) is 0 Å². The van der Waals surface area contributed by atoms with Crippen molar-refractivity contribution in [2.75, 3.05) is 0 Å². The van der Waals surface area contributed by atoms with Crippen molar-refractivity contribution < 1.29 is 0 Å². The van der Waals surface area contributed by atoms with E-state index in [4.69, 9.17) is 5.73 Å². The van der Waals surface area contributed by atoms with Crippen molar-refractivity contribution in [3.63, 3.8) is 0 Å². The molecule has 0 bridgehead atoms. The van der Waals surface area contributed by atoms with Crippen molar-refractivity contribution in [2.45, 2.75) is 45.1 Å². The Balaban J connectivity index is 2.49. The Kier molecular flexibility index (Phi) is 6.62. The highest BCUT2D eigenvalue weighted by molar-refractivity contribution is 9.11. The molecule has 0 radical (unpaired) electrons. The van der Waals surface area contributed by atoms with Crippen LogP contribution < -0.4 is 5.73 Å². The highest BCUT2D eigenvalue weighted by atomic mass is 79.9. The van der Waals surface area contributed by atoms with Gasteiger partial charge >= 0.3 is 0 Å². The maximum atomic E-state index is 6.18. The summed E-state index contributed by atoms with van der Waals surface area (Å²) in [6, 6.07) is 6.35. The first-order valence-corrected chi connectivity index (χ1v) is 7.44. The number of nitrogens with two attached hydrogens (primary N) is 1. The minimum absolute atomic E-state index is 0.152. The summed E-state index contributed by atoms with van der Waals surface area (Å²) < 4.78 is 2.19. The predicted octanol–water partition coefficient (Wildman–Crippen LogP) is 5.18. The number of rotatable bonds is 6. The summed E-state index contributed by atoms with van der Waals surface area (Å²) >= 11 is 7.01. The fourth-order valence-corrected chi connectivity index (χ4v) is 3.09. The van der Waals surface area contributed by atoms with E-state index in [0.29, 0.717) is 0 Å². The Morgan fingerprint density at radius 2 is 1.94 bits per heavy atom. The smallest absolute Gasteiger partial charge is 0.0306 e. The van der Waals surface area contributed by atoms with Crippen LogP contribution in [0.25, 0.3) is 0 Å². The van der Waals surface area contributed by atoms with Gasteiger partial charge in [-0.1, -0.05) is 70.5 Å². The SMILES string of the molecule is CCCCCCC(N)c1ccc(Br)cc1Br. The molecule has 1 aromatic carbocycles. The molecule has 0 saturated carbocycles. The van der Waals surface area contributed by atoms with Crippen molar-refractivity contribution in [1.29, 1.82) is 0 Å². The third-order valence-corrected chi connectivity index (χ3v) is 3.91. The molecule has 1 nitrogen and oxygen atoms in total. The maximum absolute atomic E-state index is 6.18. The highest BCUT2D eigenvalue weighted by Gasteiger charge is 2.09. The second-order valence-corrected chi connectivity index (χ2v) is 5.89. The molecule has 0 amide bonds. The van der Waals surface area contributed by atoms with Crippen LogP contribution in [0, 0.1) is 0 Å². The van der Waals surface area contributed by atoms with Gasteiger partial charge in [-0.15, -0.1) is 0 Å². The van der Waals surface area contributed by atoms with Gasteiger partial charge in [-0.25, -0.2) is 0 Å². The molecule has 2 N–H and O–H groups in total. The zero-order valence-corrected chi connectivity index (χ0v) is 12.9. The van der Waals surface area contributed by atoms with Crippen molar-refractivity contribution in [3.05, 3.63) is 32.7 Å². The van der Waals surface area contributed by atoms with Crippen LogP contribution in [-0.4, -0.2) is 0 Å². The van der Waals surface area contributed by atoms with Gasteiger partial charge in [-0.2, -0.15) is 0 Å². The Labute approximate surface area is 115 Å². The molecule has 0 spiro atoms. The quantitative estimate of drug-likeness (QED) is 0.704. The van der Waals surface area contributed by atoms with Gasteiger partial charge in [0.25, 0.3) is 0 Å². The molecule has 1 aromatic rings. The number of hydrogen-bond donors (Lipinski definition) is 1. The third kappa shape index (κ3) is 4.56. The zero-order valence-electron chi connectivity index (χ0n) is 9.68. The zero-order chi connectivity index (χ0) is 12.0. The summed E-state index contributed by atoms with van der Waals surface area (Å²) in [5.74, 6) is 0. The van der Waals surface area contributed by atoms with E-state index in [1.54, 1.807) is 0 Å². The van der Waals surface area contributed by atoms with Gasteiger partial charge in [0, 0.05) is 15.0 Å². The molecule has 0 aromatic heterocycles. The number of hydrogen-bond acceptors (Lipinski definition) is 1. The van der Waals surface area contributed by atoms with Crippen LogP contribution in [-0.2, 0) is 0 Å². The van der Waals surface area contributed by atoms with Crippen molar-refractivity contribution in [3.8, 4) is 0 Å². The van der Waals surface area contributed by atoms with Gasteiger partial charge in [0.15, 0.2) is 0 Å². The largest absolute Gasteiger partial charge is 0.324 e. The molecule has 0 fully saturated rings. The average Bonchev–Trinajstić information content (AvgIpc) is 2.24. The lowest BCUT2D eigenvalue weighted by atomic mass is 10.0. The van der Waals surface area contributed by atoms with Gasteiger partial charge in [-0.05, 0) is 24.1 Å². The van der Waals surface area contributed by atoms with E-state index in [0.717, 1.165) is 15.4 Å². The second kappa shape index (κ2) is 7.46. The van der Waals surface area contributed by atoms with Crippen molar-refractivity contribution >= 4 is 31.9 Å². The third-order valence-electron chi connectivity index (χ3n) is 2.73. The van der Waals surface area contributed by atoms with Crippen LogP contribution >= 0.6 is 31.9 Å². The lowest BCUT2D eigenvalue weighted by Crippen LogP contribution is -2.10.